The third-order valence-corrected chi connectivity index (χ3v) is 4.82. The van der Waals surface area contributed by atoms with Gasteiger partial charge in [-0.3, -0.25) is 4.79 Å². The number of carbonyl (C=O) groups is 2. The molecule has 2 aromatic rings. The predicted octanol–water partition coefficient (Wildman–Crippen LogP) is 3.07. The molecule has 3 N–H and O–H groups in total. The maximum atomic E-state index is 12.5. The highest BCUT2D eigenvalue weighted by atomic mass is 16.5. The van der Waals surface area contributed by atoms with Crippen LogP contribution >= 0.6 is 0 Å². The van der Waals surface area contributed by atoms with E-state index in [1.807, 2.05) is 63.2 Å². The molecule has 2 atom stereocenters. The summed E-state index contributed by atoms with van der Waals surface area (Å²) in [4.78, 5) is 26.2. The smallest absolute Gasteiger partial charge is 0.319 e. The second-order valence-electron chi connectivity index (χ2n) is 8.44. The maximum absolute atomic E-state index is 12.5. The Morgan fingerprint density at radius 2 is 1.80 bits per heavy atom. The van der Waals surface area contributed by atoms with Crippen molar-refractivity contribution in [3.63, 3.8) is 0 Å². The summed E-state index contributed by atoms with van der Waals surface area (Å²) in [5.41, 5.74) is 2.15. The zero-order chi connectivity index (χ0) is 21.7. The molecule has 0 aliphatic carbocycles. The van der Waals surface area contributed by atoms with Crippen LogP contribution in [0.4, 0.5) is 10.5 Å². The third kappa shape index (κ3) is 5.58. The molecule has 0 aromatic heterocycles. The molecule has 2 aromatic carbocycles. The fraction of sp³-hybridized carbons (Fsp3) is 0.391. The number of urea groups is 1. The second kappa shape index (κ2) is 9.28. The van der Waals surface area contributed by atoms with E-state index in [1.54, 1.807) is 17.0 Å². The number of carbonyl (C=O) groups excluding carboxylic acids is 2. The molecular formula is C23H29N3O4. The number of hydrogen-bond acceptors (Lipinski definition) is 4. The number of benzene rings is 2. The van der Waals surface area contributed by atoms with Crippen LogP contribution in [0.5, 0.6) is 0 Å². The monoisotopic (exact) mass is 411 g/mol. The van der Waals surface area contributed by atoms with Crippen LogP contribution in [0.25, 0.3) is 0 Å². The van der Waals surface area contributed by atoms with Crippen molar-refractivity contribution in [3.8, 4) is 0 Å². The van der Waals surface area contributed by atoms with Crippen LogP contribution < -0.4 is 10.6 Å². The molecule has 0 radical (unpaired) electrons. The van der Waals surface area contributed by atoms with Crippen molar-refractivity contribution in [2.45, 2.75) is 45.0 Å². The Morgan fingerprint density at radius 1 is 1.13 bits per heavy atom. The van der Waals surface area contributed by atoms with Gasteiger partial charge in [0.05, 0.1) is 12.6 Å². The molecule has 30 heavy (non-hydrogen) atoms. The SMILES string of the molecule is CC(C)(C)NC(=O)Nc1ccc([C@H]2OCC(=O)N(Cc3ccccc3)[C@@H]2CO)cc1. The van der Waals surface area contributed by atoms with E-state index in [-0.39, 0.29) is 30.7 Å². The molecule has 3 rings (SSSR count). The number of aliphatic hydroxyl groups is 1. The number of nitrogens with one attached hydrogen (secondary N) is 2. The Balaban J connectivity index is 1.72. The second-order valence-corrected chi connectivity index (χ2v) is 8.44. The first kappa shape index (κ1) is 21.8. The van der Waals surface area contributed by atoms with Crippen molar-refractivity contribution in [2.24, 2.45) is 0 Å². The van der Waals surface area contributed by atoms with Crippen molar-refractivity contribution in [3.05, 3.63) is 65.7 Å². The molecule has 1 fully saturated rings. The number of anilines is 1. The van der Waals surface area contributed by atoms with Crippen LogP contribution in [0.2, 0.25) is 0 Å². The van der Waals surface area contributed by atoms with E-state index in [9.17, 15) is 14.7 Å². The van der Waals surface area contributed by atoms with Gasteiger partial charge in [0.2, 0.25) is 5.91 Å². The standard InChI is InChI=1S/C23H29N3O4/c1-23(2,3)25-22(29)24-18-11-9-17(10-12-18)21-19(14-27)26(20(28)15-30-21)13-16-7-5-4-6-8-16/h4-12,19,21,27H,13-15H2,1-3H3,(H2,24,25,29)/t19-,21-/m1/s1. The van der Waals surface area contributed by atoms with Gasteiger partial charge in [-0.2, -0.15) is 0 Å². The molecule has 1 saturated heterocycles. The maximum Gasteiger partial charge on any atom is 0.319 e. The van der Waals surface area contributed by atoms with Crippen LogP contribution in [-0.2, 0) is 16.1 Å². The van der Waals surface area contributed by atoms with E-state index in [4.69, 9.17) is 4.74 Å². The highest BCUT2D eigenvalue weighted by molar-refractivity contribution is 5.89. The largest absolute Gasteiger partial charge is 0.394 e. The van der Waals surface area contributed by atoms with Gasteiger partial charge in [-0.1, -0.05) is 42.5 Å². The number of nitrogens with zero attached hydrogens (tertiary/aromatic N) is 1. The van der Waals surface area contributed by atoms with Gasteiger partial charge in [0.15, 0.2) is 0 Å². The number of ether oxygens (including phenoxy) is 1. The minimum absolute atomic E-state index is 0.0397. The molecule has 160 valence electrons. The summed E-state index contributed by atoms with van der Waals surface area (Å²) in [5, 5.41) is 15.7. The first-order chi connectivity index (χ1) is 14.3. The average molecular weight is 412 g/mol. The summed E-state index contributed by atoms with van der Waals surface area (Å²) in [6.07, 6.45) is -0.450. The summed E-state index contributed by atoms with van der Waals surface area (Å²) >= 11 is 0. The predicted molar refractivity (Wildman–Crippen MR) is 115 cm³/mol. The number of rotatable bonds is 5. The summed E-state index contributed by atoms with van der Waals surface area (Å²) in [6, 6.07) is 16.2. The van der Waals surface area contributed by atoms with Gasteiger partial charge in [-0.05, 0) is 44.0 Å². The van der Waals surface area contributed by atoms with Crippen LogP contribution in [0.1, 0.15) is 38.0 Å². The van der Waals surface area contributed by atoms with Crippen molar-refractivity contribution < 1.29 is 19.4 Å². The van der Waals surface area contributed by atoms with Gasteiger partial charge in [0.25, 0.3) is 0 Å². The Hall–Kier alpha value is -2.90. The lowest BCUT2D eigenvalue weighted by atomic mass is 9.98. The zero-order valence-electron chi connectivity index (χ0n) is 17.6. The highest BCUT2D eigenvalue weighted by Gasteiger charge is 2.37. The molecule has 0 unspecified atom stereocenters. The Kier molecular flexibility index (Phi) is 6.74. The van der Waals surface area contributed by atoms with Crippen molar-refractivity contribution in [2.75, 3.05) is 18.5 Å². The summed E-state index contributed by atoms with van der Waals surface area (Å²) in [5.74, 6) is -0.147. The van der Waals surface area contributed by atoms with E-state index in [0.29, 0.717) is 12.2 Å². The van der Waals surface area contributed by atoms with Crippen LogP contribution in [0.15, 0.2) is 54.6 Å². The minimum atomic E-state index is -0.491. The zero-order valence-corrected chi connectivity index (χ0v) is 17.6. The van der Waals surface area contributed by atoms with Crippen LogP contribution in [-0.4, -0.2) is 46.7 Å². The van der Waals surface area contributed by atoms with E-state index in [2.05, 4.69) is 10.6 Å². The van der Waals surface area contributed by atoms with E-state index < -0.39 is 12.1 Å². The van der Waals surface area contributed by atoms with Crippen molar-refractivity contribution in [1.29, 1.82) is 0 Å². The molecular weight excluding hydrogens is 382 g/mol. The van der Waals surface area contributed by atoms with Crippen LogP contribution in [0, 0.1) is 0 Å². The number of amides is 3. The Bertz CT molecular complexity index is 862. The first-order valence-electron chi connectivity index (χ1n) is 10.0. The van der Waals surface area contributed by atoms with Gasteiger partial charge in [0, 0.05) is 17.8 Å². The number of hydrogen-bond donors (Lipinski definition) is 3. The van der Waals surface area contributed by atoms with Gasteiger partial charge in [0.1, 0.15) is 12.7 Å². The van der Waals surface area contributed by atoms with Crippen molar-refractivity contribution >= 4 is 17.6 Å². The van der Waals surface area contributed by atoms with E-state index in [0.717, 1.165) is 11.1 Å². The molecule has 0 bridgehead atoms. The topological polar surface area (TPSA) is 90.9 Å². The number of morpholine rings is 1. The average Bonchev–Trinajstić information content (AvgIpc) is 2.69. The first-order valence-corrected chi connectivity index (χ1v) is 10.0. The normalized spacial score (nSPS) is 19.5. The van der Waals surface area contributed by atoms with Crippen LogP contribution in [0.3, 0.4) is 0 Å². The Labute approximate surface area is 177 Å². The summed E-state index contributed by atoms with van der Waals surface area (Å²) in [6.45, 7) is 5.89. The summed E-state index contributed by atoms with van der Waals surface area (Å²) in [7, 11) is 0. The van der Waals surface area contributed by atoms with Gasteiger partial charge in [-0.25, -0.2) is 4.79 Å². The minimum Gasteiger partial charge on any atom is -0.394 e. The lowest BCUT2D eigenvalue weighted by Crippen LogP contribution is -2.52. The number of aliphatic hydroxyl groups excluding tert-OH is 1. The molecule has 3 amide bonds. The molecule has 0 spiro atoms. The molecule has 1 aliphatic heterocycles. The van der Waals surface area contributed by atoms with Gasteiger partial charge in [-0.15, -0.1) is 0 Å². The van der Waals surface area contributed by atoms with Crippen molar-refractivity contribution in [1.82, 2.24) is 10.2 Å². The molecule has 1 heterocycles. The fourth-order valence-electron chi connectivity index (χ4n) is 3.46. The third-order valence-electron chi connectivity index (χ3n) is 4.82. The van der Waals surface area contributed by atoms with Gasteiger partial charge >= 0.3 is 6.03 Å². The molecule has 1 aliphatic rings. The lowest BCUT2D eigenvalue weighted by molar-refractivity contribution is -0.162. The molecule has 7 nitrogen and oxygen atoms in total. The lowest BCUT2D eigenvalue weighted by Gasteiger charge is -2.40. The summed E-state index contributed by atoms with van der Waals surface area (Å²) < 4.78 is 5.78. The fourth-order valence-corrected chi connectivity index (χ4v) is 3.46. The van der Waals surface area contributed by atoms with Gasteiger partial charge < -0.3 is 25.4 Å². The van der Waals surface area contributed by atoms with E-state index >= 15 is 0 Å². The van der Waals surface area contributed by atoms with E-state index in [1.165, 1.54) is 0 Å². The quantitative estimate of drug-likeness (QED) is 0.705. The molecule has 0 saturated carbocycles. The highest BCUT2D eigenvalue weighted by Crippen LogP contribution is 2.30. The Morgan fingerprint density at radius 3 is 2.40 bits per heavy atom. The molecule has 7 heteroatoms.